The first kappa shape index (κ1) is 12.5. The maximum atomic E-state index is 5.25. The van der Waals surface area contributed by atoms with Crippen LogP contribution in [0.2, 0.25) is 0 Å². The molecule has 0 amide bonds. The molecular weight excluding hydrogens is 298 g/mol. The van der Waals surface area contributed by atoms with Gasteiger partial charge >= 0.3 is 0 Å². The van der Waals surface area contributed by atoms with Crippen molar-refractivity contribution in [2.75, 3.05) is 0 Å². The molecule has 0 saturated heterocycles. The minimum absolute atomic E-state index is 0.688. The van der Waals surface area contributed by atoms with Crippen LogP contribution in [0.4, 0.5) is 0 Å². The van der Waals surface area contributed by atoms with Gasteiger partial charge in [0.25, 0.3) is 0 Å². The smallest absolute Gasteiger partial charge is 0.195 e. The molecule has 1 heterocycles. The van der Waals surface area contributed by atoms with E-state index in [1.807, 2.05) is 12.1 Å². The fourth-order valence-electron chi connectivity index (χ4n) is 1.75. The minimum Gasteiger partial charge on any atom is -0.300 e. The molecule has 0 bridgehead atoms. The van der Waals surface area contributed by atoms with Crippen LogP contribution >= 0.6 is 28.1 Å². The zero-order valence-corrected chi connectivity index (χ0v) is 12.0. The van der Waals surface area contributed by atoms with Crippen molar-refractivity contribution in [1.82, 2.24) is 14.8 Å². The van der Waals surface area contributed by atoms with Gasteiger partial charge in [-0.1, -0.05) is 35.0 Å². The van der Waals surface area contributed by atoms with E-state index in [0.717, 1.165) is 29.7 Å². The molecule has 0 fully saturated rings. The first-order valence-electron chi connectivity index (χ1n) is 5.59. The summed E-state index contributed by atoms with van der Waals surface area (Å²) in [5.41, 5.74) is 1.22. The van der Waals surface area contributed by atoms with Gasteiger partial charge in [-0.25, -0.2) is 0 Å². The third-order valence-corrected chi connectivity index (χ3v) is 3.35. The van der Waals surface area contributed by atoms with Crippen LogP contribution < -0.4 is 0 Å². The first-order valence-corrected chi connectivity index (χ1v) is 6.79. The van der Waals surface area contributed by atoms with Crippen molar-refractivity contribution in [3.8, 4) is 0 Å². The summed E-state index contributed by atoms with van der Waals surface area (Å²) in [6, 6.07) is 8.24. The lowest BCUT2D eigenvalue weighted by Gasteiger charge is -2.06. The molecule has 1 aromatic heterocycles. The number of aryl methyl sites for hydroxylation is 1. The minimum atomic E-state index is 0.688. The number of nitrogens with one attached hydrogen (secondary N) is 1. The maximum Gasteiger partial charge on any atom is 0.195 e. The van der Waals surface area contributed by atoms with Gasteiger partial charge in [-0.05, 0) is 36.3 Å². The largest absolute Gasteiger partial charge is 0.300 e. The predicted octanol–water partition coefficient (Wildman–Crippen LogP) is 3.70. The second kappa shape index (κ2) is 5.60. The van der Waals surface area contributed by atoms with Gasteiger partial charge < -0.3 is 0 Å². The van der Waals surface area contributed by atoms with Gasteiger partial charge in [-0.2, -0.15) is 5.10 Å². The fraction of sp³-hybridized carbons (Fsp3) is 0.333. The van der Waals surface area contributed by atoms with Gasteiger partial charge in [-0.3, -0.25) is 9.67 Å². The molecule has 1 aromatic carbocycles. The van der Waals surface area contributed by atoms with E-state index in [1.54, 1.807) is 0 Å². The van der Waals surface area contributed by atoms with Crippen LogP contribution in [0.5, 0.6) is 0 Å². The van der Waals surface area contributed by atoms with Crippen molar-refractivity contribution in [3.05, 3.63) is 44.9 Å². The Hall–Kier alpha value is -0.940. The second-order valence-corrected chi connectivity index (χ2v) is 5.21. The number of rotatable bonds is 4. The van der Waals surface area contributed by atoms with E-state index in [1.165, 1.54) is 5.56 Å². The lowest BCUT2D eigenvalue weighted by molar-refractivity contribution is 0.699. The van der Waals surface area contributed by atoms with Crippen LogP contribution in [0.1, 0.15) is 24.7 Å². The van der Waals surface area contributed by atoms with Crippen LogP contribution in [0, 0.1) is 4.77 Å². The van der Waals surface area contributed by atoms with Gasteiger partial charge in [0.15, 0.2) is 4.77 Å². The van der Waals surface area contributed by atoms with E-state index in [-0.39, 0.29) is 0 Å². The number of hydrogen-bond acceptors (Lipinski definition) is 2. The summed E-state index contributed by atoms with van der Waals surface area (Å²) in [7, 11) is 0. The van der Waals surface area contributed by atoms with Crippen molar-refractivity contribution >= 4 is 28.1 Å². The highest BCUT2D eigenvalue weighted by Crippen LogP contribution is 2.14. The zero-order valence-electron chi connectivity index (χ0n) is 9.61. The van der Waals surface area contributed by atoms with Gasteiger partial charge in [-0.15, -0.1) is 0 Å². The van der Waals surface area contributed by atoms with Crippen LogP contribution in [0.3, 0.4) is 0 Å². The van der Waals surface area contributed by atoms with E-state index in [0.29, 0.717) is 4.77 Å². The van der Waals surface area contributed by atoms with Gasteiger partial charge in [0.2, 0.25) is 0 Å². The Balaban J connectivity index is 2.29. The molecule has 0 aliphatic carbocycles. The normalized spacial score (nSPS) is 10.7. The summed E-state index contributed by atoms with van der Waals surface area (Å²) >= 11 is 8.73. The highest BCUT2D eigenvalue weighted by atomic mass is 79.9. The number of halogens is 1. The summed E-state index contributed by atoms with van der Waals surface area (Å²) in [4.78, 5) is 0. The van der Waals surface area contributed by atoms with Gasteiger partial charge in [0.1, 0.15) is 5.82 Å². The van der Waals surface area contributed by atoms with Crippen molar-refractivity contribution in [2.24, 2.45) is 0 Å². The average Bonchev–Trinajstić information content (AvgIpc) is 2.62. The number of aromatic nitrogens is 3. The van der Waals surface area contributed by atoms with E-state index in [9.17, 15) is 0 Å². The molecule has 0 aliphatic rings. The lowest BCUT2D eigenvalue weighted by atomic mass is 10.2. The van der Waals surface area contributed by atoms with Crippen LogP contribution in [0.15, 0.2) is 28.7 Å². The third-order valence-electron chi connectivity index (χ3n) is 2.54. The van der Waals surface area contributed by atoms with E-state index < -0.39 is 0 Å². The summed E-state index contributed by atoms with van der Waals surface area (Å²) in [6.07, 6.45) is 2.01. The summed E-state index contributed by atoms with van der Waals surface area (Å²) in [5, 5.41) is 7.12. The molecule has 90 valence electrons. The Morgan fingerprint density at radius 2 is 2.29 bits per heavy atom. The molecule has 0 atom stereocenters. The number of H-pyrrole nitrogens is 1. The average molecular weight is 312 g/mol. The van der Waals surface area contributed by atoms with E-state index in [2.05, 4.69) is 49.8 Å². The Morgan fingerprint density at radius 3 is 3.00 bits per heavy atom. The molecule has 3 nitrogen and oxygen atoms in total. The SMILES string of the molecule is CCCc1n[nH]c(=S)n1Cc1cccc(Br)c1. The maximum absolute atomic E-state index is 5.25. The molecule has 0 saturated carbocycles. The highest BCUT2D eigenvalue weighted by molar-refractivity contribution is 9.10. The van der Waals surface area contributed by atoms with Crippen molar-refractivity contribution < 1.29 is 0 Å². The Bertz CT molecular complexity index is 559. The summed E-state index contributed by atoms with van der Waals surface area (Å²) < 4.78 is 3.83. The molecule has 5 heteroatoms. The first-order chi connectivity index (χ1) is 8.20. The van der Waals surface area contributed by atoms with Crippen LogP contribution in [0.25, 0.3) is 0 Å². The second-order valence-electron chi connectivity index (χ2n) is 3.91. The molecule has 1 N–H and O–H groups in total. The zero-order chi connectivity index (χ0) is 12.3. The Kier molecular flexibility index (Phi) is 4.12. The monoisotopic (exact) mass is 311 g/mol. The molecule has 0 unspecified atom stereocenters. The summed E-state index contributed by atoms with van der Waals surface area (Å²) in [6.45, 7) is 2.91. The molecule has 2 rings (SSSR count). The van der Waals surface area contributed by atoms with Crippen molar-refractivity contribution in [1.29, 1.82) is 0 Å². The number of nitrogens with zero attached hydrogens (tertiary/aromatic N) is 2. The van der Waals surface area contributed by atoms with E-state index >= 15 is 0 Å². The quantitative estimate of drug-likeness (QED) is 0.873. The van der Waals surface area contributed by atoms with E-state index in [4.69, 9.17) is 12.2 Å². The third kappa shape index (κ3) is 3.04. The lowest BCUT2D eigenvalue weighted by Crippen LogP contribution is -2.05. The van der Waals surface area contributed by atoms with Gasteiger partial charge in [0, 0.05) is 10.9 Å². The standard InChI is InChI=1S/C12H14BrN3S/c1-2-4-11-14-15-12(17)16(11)8-9-5-3-6-10(13)7-9/h3,5-7H,2,4,8H2,1H3,(H,15,17). The molecule has 0 radical (unpaired) electrons. The molecule has 2 aromatic rings. The van der Waals surface area contributed by atoms with Gasteiger partial charge in [0.05, 0.1) is 6.54 Å². The fourth-order valence-corrected chi connectivity index (χ4v) is 2.41. The number of aromatic amines is 1. The van der Waals surface area contributed by atoms with Crippen LogP contribution in [-0.4, -0.2) is 14.8 Å². The van der Waals surface area contributed by atoms with Crippen LogP contribution in [-0.2, 0) is 13.0 Å². The molecule has 0 spiro atoms. The van der Waals surface area contributed by atoms with Crippen molar-refractivity contribution in [2.45, 2.75) is 26.3 Å². The molecule has 17 heavy (non-hydrogen) atoms. The topological polar surface area (TPSA) is 33.6 Å². The molecular formula is C12H14BrN3S. The Morgan fingerprint density at radius 1 is 1.47 bits per heavy atom. The Labute approximate surface area is 114 Å². The summed E-state index contributed by atoms with van der Waals surface area (Å²) in [5.74, 6) is 1.03. The highest BCUT2D eigenvalue weighted by Gasteiger charge is 2.05. The predicted molar refractivity (Wildman–Crippen MR) is 74.7 cm³/mol. The van der Waals surface area contributed by atoms with Crippen molar-refractivity contribution in [3.63, 3.8) is 0 Å². The number of benzene rings is 1. The number of hydrogen-bond donors (Lipinski definition) is 1. The molecule has 0 aliphatic heterocycles.